The smallest absolute Gasteiger partial charge is 0.387 e. The van der Waals surface area contributed by atoms with Crippen LogP contribution >= 0.6 is 11.6 Å². The molecule has 0 spiro atoms. The highest BCUT2D eigenvalue weighted by Gasteiger charge is 2.14. The number of hydrogen-bond acceptors (Lipinski definition) is 2. The molecule has 0 saturated carbocycles. The maximum absolute atomic E-state index is 13.2. The molecule has 0 aliphatic heterocycles. The van der Waals surface area contributed by atoms with E-state index in [1.165, 1.54) is 12.1 Å². The van der Waals surface area contributed by atoms with Crippen molar-refractivity contribution in [3.05, 3.63) is 64.2 Å². The first kappa shape index (κ1) is 18.1. The van der Waals surface area contributed by atoms with Gasteiger partial charge in [0.15, 0.2) is 11.6 Å². The van der Waals surface area contributed by atoms with E-state index in [1.807, 2.05) is 0 Å². The average Bonchev–Trinajstić information content (AvgIpc) is 2.52. The Balaban J connectivity index is 1.90. The summed E-state index contributed by atoms with van der Waals surface area (Å²) in [5.41, 5.74) is 0.601. The lowest BCUT2D eigenvalue weighted by Crippen LogP contribution is -2.26. The van der Waals surface area contributed by atoms with Gasteiger partial charge in [-0.2, -0.15) is 8.78 Å². The van der Waals surface area contributed by atoms with Crippen molar-refractivity contribution in [2.24, 2.45) is 0 Å². The molecule has 0 aromatic heterocycles. The third kappa shape index (κ3) is 4.86. The Morgan fingerprint density at radius 2 is 1.75 bits per heavy atom. The zero-order valence-electron chi connectivity index (χ0n) is 12.2. The molecule has 0 atom stereocenters. The first-order chi connectivity index (χ1) is 11.4. The van der Waals surface area contributed by atoms with E-state index in [0.29, 0.717) is 6.42 Å². The van der Waals surface area contributed by atoms with Gasteiger partial charge in [-0.3, -0.25) is 4.79 Å². The Morgan fingerprint density at radius 3 is 2.38 bits per heavy atom. The molecule has 0 bridgehead atoms. The number of ether oxygens (including phenoxy) is 1. The predicted octanol–water partition coefficient (Wildman–Crippen LogP) is 4.19. The Bertz CT molecular complexity index is 723. The van der Waals surface area contributed by atoms with Gasteiger partial charge in [0, 0.05) is 6.54 Å². The molecule has 0 aliphatic carbocycles. The van der Waals surface area contributed by atoms with Crippen LogP contribution in [-0.2, 0) is 6.42 Å². The number of rotatable bonds is 6. The molecule has 2 rings (SSSR count). The summed E-state index contributed by atoms with van der Waals surface area (Å²) in [6.45, 7) is -2.69. The molecule has 8 heteroatoms. The van der Waals surface area contributed by atoms with E-state index in [9.17, 15) is 22.4 Å². The van der Waals surface area contributed by atoms with E-state index in [2.05, 4.69) is 10.1 Å². The number of halogens is 5. The molecule has 0 unspecified atom stereocenters. The lowest BCUT2D eigenvalue weighted by molar-refractivity contribution is -0.0498. The fourth-order valence-corrected chi connectivity index (χ4v) is 2.19. The molecule has 128 valence electrons. The standard InChI is InChI=1S/C16H12ClF4NO2/c17-12-8-14(19)13(18)7-11(12)15(23)22-6-5-9-1-3-10(4-2-9)24-16(20)21/h1-4,7-8,16H,5-6H2,(H,22,23). The number of hydrogen-bond donors (Lipinski definition) is 1. The Kier molecular flexibility index (Phi) is 6.03. The lowest BCUT2D eigenvalue weighted by Gasteiger charge is -2.08. The van der Waals surface area contributed by atoms with E-state index in [-0.39, 0.29) is 22.9 Å². The summed E-state index contributed by atoms with van der Waals surface area (Å²) in [5.74, 6) is -2.91. The second kappa shape index (κ2) is 8.01. The SMILES string of the molecule is O=C(NCCc1ccc(OC(F)F)cc1)c1cc(F)c(F)cc1Cl. The largest absolute Gasteiger partial charge is 0.435 e. The zero-order chi connectivity index (χ0) is 17.7. The highest BCUT2D eigenvalue weighted by Crippen LogP contribution is 2.20. The van der Waals surface area contributed by atoms with Gasteiger partial charge in [-0.05, 0) is 36.2 Å². The van der Waals surface area contributed by atoms with Crippen LogP contribution in [0.25, 0.3) is 0 Å². The molecule has 0 aliphatic rings. The summed E-state index contributed by atoms with van der Waals surface area (Å²) in [6, 6.07) is 7.38. The normalized spacial score (nSPS) is 10.8. The second-order valence-electron chi connectivity index (χ2n) is 4.77. The molecule has 3 nitrogen and oxygen atoms in total. The number of benzene rings is 2. The first-order valence-electron chi connectivity index (χ1n) is 6.83. The summed E-state index contributed by atoms with van der Waals surface area (Å²) >= 11 is 5.71. The van der Waals surface area contributed by atoms with Gasteiger partial charge in [0.1, 0.15) is 5.75 Å². The van der Waals surface area contributed by atoms with Crippen molar-refractivity contribution in [2.45, 2.75) is 13.0 Å². The molecular formula is C16H12ClF4NO2. The topological polar surface area (TPSA) is 38.3 Å². The quantitative estimate of drug-likeness (QED) is 0.619. The van der Waals surface area contributed by atoms with E-state index < -0.39 is 24.2 Å². The summed E-state index contributed by atoms with van der Waals surface area (Å²) < 4.78 is 54.4. The van der Waals surface area contributed by atoms with Crippen LogP contribution in [0.5, 0.6) is 5.75 Å². The summed E-state index contributed by atoms with van der Waals surface area (Å²) in [6.07, 6.45) is 0.405. The number of carbonyl (C=O) groups excluding carboxylic acids is 1. The third-order valence-electron chi connectivity index (χ3n) is 3.10. The monoisotopic (exact) mass is 361 g/mol. The van der Waals surface area contributed by atoms with Gasteiger partial charge < -0.3 is 10.1 Å². The third-order valence-corrected chi connectivity index (χ3v) is 3.42. The average molecular weight is 362 g/mol. The molecule has 0 saturated heterocycles. The van der Waals surface area contributed by atoms with Crippen LogP contribution in [0, 0.1) is 11.6 Å². The van der Waals surface area contributed by atoms with Gasteiger partial charge in [0.25, 0.3) is 5.91 Å². The lowest BCUT2D eigenvalue weighted by atomic mass is 10.1. The molecule has 1 amide bonds. The van der Waals surface area contributed by atoms with E-state index >= 15 is 0 Å². The molecular weight excluding hydrogens is 350 g/mol. The molecule has 24 heavy (non-hydrogen) atoms. The van der Waals surface area contributed by atoms with Gasteiger partial charge >= 0.3 is 6.61 Å². The van der Waals surface area contributed by atoms with Crippen molar-refractivity contribution in [3.8, 4) is 5.75 Å². The van der Waals surface area contributed by atoms with Crippen molar-refractivity contribution in [3.63, 3.8) is 0 Å². The minimum atomic E-state index is -2.89. The van der Waals surface area contributed by atoms with Gasteiger partial charge in [-0.15, -0.1) is 0 Å². The van der Waals surface area contributed by atoms with Gasteiger partial charge in [0.2, 0.25) is 0 Å². The van der Waals surface area contributed by atoms with E-state index in [4.69, 9.17) is 11.6 Å². The van der Waals surface area contributed by atoms with E-state index in [0.717, 1.165) is 17.7 Å². The Hall–Kier alpha value is -2.28. The number of nitrogens with one attached hydrogen (secondary N) is 1. The maximum Gasteiger partial charge on any atom is 0.387 e. The molecule has 1 N–H and O–H groups in total. The Labute approximate surface area is 140 Å². The minimum absolute atomic E-state index is 0.0337. The summed E-state index contributed by atoms with van der Waals surface area (Å²) in [4.78, 5) is 11.9. The number of alkyl halides is 2. The van der Waals surface area contributed by atoms with Crippen molar-refractivity contribution in [2.75, 3.05) is 6.54 Å². The summed E-state index contributed by atoms with van der Waals surface area (Å²) in [7, 11) is 0. The van der Waals surface area contributed by atoms with Crippen LogP contribution < -0.4 is 10.1 Å². The van der Waals surface area contributed by atoms with E-state index in [1.54, 1.807) is 12.1 Å². The zero-order valence-corrected chi connectivity index (χ0v) is 12.9. The van der Waals surface area contributed by atoms with Gasteiger partial charge in [-0.1, -0.05) is 23.7 Å². The van der Waals surface area contributed by atoms with Crippen LogP contribution in [0.15, 0.2) is 36.4 Å². The van der Waals surface area contributed by atoms with Crippen LogP contribution in [0.1, 0.15) is 15.9 Å². The second-order valence-corrected chi connectivity index (χ2v) is 5.18. The van der Waals surface area contributed by atoms with Crippen molar-refractivity contribution in [1.82, 2.24) is 5.32 Å². The number of carbonyl (C=O) groups is 1. The van der Waals surface area contributed by atoms with Crippen molar-refractivity contribution >= 4 is 17.5 Å². The fraction of sp³-hybridized carbons (Fsp3) is 0.188. The van der Waals surface area contributed by atoms with Crippen LogP contribution in [-0.4, -0.2) is 19.1 Å². The molecule has 0 fully saturated rings. The molecule has 2 aromatic rings. The molecule has 2 aromatic carbocycles. The minimum Gasteiger partial charge on any atom is -0.435 e. The van der Waals surface area contributed by atoms with Crippen LogP contribution in [0.3, 0.4) is 0 Å². The highest BCUT2D eigenvalue weighted by molar-refractivity contribution is 6.33. The van der Waals surface area contributed by atoms with Gasteiger partial charge in [0.05, 0.1) is 10.6 Å². The molecule has 0 radical (unpaired) electrons. The Morgan fingerprint density at radius 1 is 1.12 bits per heavy atom. The first-order valence-corrected chi connectivity index (χ1v) is 7.21. The van der Waals surface area contributed by atoms with Crippen LogP contribution in [0.4, 0.5) is 17.6 Å². The van der Waals surface area contributed by atoms with Crippen molar-refractivity contribution in [1.29, 1.82) is 0 Å². The molecule has 0 heterocycles. The van der Waals surface area contributed by atoms with Crippen LogP contribution in [0.2, 0.25) is 5.02 Å². The van der Waals surface area contributed by atoms with Gasteiger partial charge in [-0.25, -0.2) is 8.78 Å². The fourth-order valence-electron chi connectivity index (χ4n) is 1.95. The summed E-state index contributed by atoms with van der Waals surface area (Å²) in [5, 5.41) is 2.32. The predicted molar refractivity (Wildman–Crippen MR) is 80.5 cm³/mol. The van der Waals surface area contributed by atoms with Crippen molar-refractivity contribution < 1.29 is 27.1 Å². The maximum atomic E-state index is 13.2. The number of amides is 1. The highest BCUT2D eigenvalue weighted by atomic mass is 35.5.